The summed E-state index contributed by atoms with van der Waals surface area (Å²) in [5.74, 6) is -1.46. The van der Waals surface area contributed by atoms with E-state index in [0.717, 1.165) is 5.56 Å². The quantitative estimate of drug-likeness (QED) is 0.489. The molecule has 108 valence electrons. The van der Waals surface area contributed by atoms with Crippen molar-refractivity contribution >= 4 is 11.9 Å². The molecule has 0 aromatic heterocycles. The van der Waals surface area contributed by atoms with Gasteiger partial charge in [0, 0.05) is 5.57 Å². The summed E-state index contributed by atoms with van der Waals surface area (Å²) in [6, 6.07) is 8.97. The van der Waals surface area contributed by atoms with Gasteiger partial charge in [-0.05, 0) is 25.3 Å². The summed E-state index contributed by atoms with van der Waals surface area (Å²) < 4.78 is 0. The number of aliphatic hydroxyl groups is 1. The average Bonchev–Trinajstić information content (AvgIpc) is 2.43. The van der Waals surface area contributed by atoms with E-state index in [1.54, 1.807) is 31.2 Å². The Balaban J connectivity index is 2.30. The zero-order valence-corrected chi connectivity index (χ0v) is 11.4. The van der Waals surface area contributed by atoms with Gasteiger partial charge in [-0.3, -0.25) is 0 Å². The van der Waals surface area contributed by atoms with Crippen molar-refractivity contribution in [3.63, 3.8) is 0 Å². The van der Waals surface area contributed by atoms with Crippen molar-refractivity contribution in [2.75, 3.05) is 0 Å². The smallest absolute Gasteiger partial charge is 0.381 e. The molecule has 0 aliphatic heterocycles. The first-order chi connectivity index (χ1) is 9.49. The Morgan fingerprint density at radius 2 is 1.90 bits per heavy atom. The lowest BCUT2D eigenvalue weighted by Crippen LogP contribution is -2.15. The van der Waals surface area contributed by atoms with E-state index in [1.165, 1.54) is 0 Å². The summed E-state index contributed by atoms with van der Waals surface area (Å²) in [6.07, 6.45) is 0.174. The van der Waals surface area contributed by atoms with E-state index in [2.05, 4.69) is 16.4 Å². The van der Waals surface area contributed by atoms with Crippen LogP contribution in [0.15, 0.2) is 42.5 Å². The fraction of sp³-hybridized carbons (Fsp3) is 0.333. The van der Waals surface area contributed by atoms with Gasteiger partial charge in [0.15, 0.2) is 0 Å². The Kier molecular flexibility index (Phi) is 6.46. The van der Waals surface area contributed by atoms with Crippen molar-refractivity contribution in [2.24, 2.45) is 0 Å². The van der Waals surface area contributed by atoms with Crippen molar-refractivity contribution in [1.82, 2.24) is 0 Å². The Bertz CT molecular complexity index is 464. The predicted molar refractivity (Wildman–Crippen MR) is 72.4 cm³/mol. The third-order valence-electron chi connectivity index (χ3n) is 2.55. The van der Waals surface area contributed by atoms with E-state index in [0.29, 0.717) is 6.42 Å². The summed E-state index contributed by atoms with van der Waals surface area (Å²) in [5, 5.41) is 9.09. The highest BCUT2D eigenvalue weighted by molar-refractivity contribution is 5.87. The SMILES string of the molecule is C=C(CCC(C)O)C(=O)OOC(=O)Cc1ccccc1. The first-order valence-corrected chi connectivity index (χ1v) is 6.30. The third kappa shape index (κ3) is 6.15. The highest BCUT2D eigenvalue weighted by Gasteiger charge is 2.14. The second-order valence-electron chi connectivity index (χ2n) is 4.48. The van der Waals surface area contributed by atoms with Crippen molar-refractivity contribution in [2.45, 2.75) is 32.3 Å². The van der Waals surface area contributed by atoms with E-state index in [-0.39, 0.29) is 18.4 Å². The Morgan fingerprint density at radius 3 is 2.50 bits per heavy atom. The average molecular weight is 278 g/mol. The van der Waals surface area contributed by atoms with Gasteiger partial charge >= 0.3 is 11.9 Å². The highest BCUT2D eigenvalue weighted by Crippen LogP contribution is 2.08. The normalized spacial score (nSPS) is 11.5. The molecule has 0 aliphatic carbocycles. The van der Waals surface area contributed by atoms with Gasteiger partial charge in [0.25, 0.3) is 0 Å². The first kappa shape index (κ1) is 15.9. The number of rotatable bonds is 6. The molecule has 1 rings (SSSR count). The molecule has 1 aromatic rings. The van der Waals surface area contributed by atoms with Crippen molar-refractivity contribution in [1.29, 1.82) is 0 Å². The van der Waals surface area contributed by atoms with Crippen molar-refractivity contribution in [3.05, 3.63) is 48.0 Å². The summed E-state index contributed by atoms with van der Waals surface area (Å²) in [4.78, 5) is 31.7. The van der Waals surface area contributed by atoms with Gasteiger partial charge in [-0.25, -0.2) is 19.4 Å². The van der Waals surface area contributed by atoms with Crippen molar-refractivity contribution < 1.29 is 24.5 Å². The Labute approximate surface area is 117 Å². The maximum Gasteiger partial charge on any atom is 0.381 e. The Hall–Kier alpha value is -2.14. The van der Waals surface area contributed by atoms with Gasteiger partial charge < -0.3 is 5.11 Å². The molecule has 0 amide bonds. The highest BCUT2D eigenvalue weighted by atomic mass is 17.2. The second-order valence-corrected chi connectivity index (χ2v) is 4.48. The molecule has 0 saturated carbocycles. The van der Waals surface area contributed by atoms with Crippen LogP contribution in [0.1, 0.15) is 25.3 Å². The van der Waals surface area contributed by atoms with Crippen LogP contribution in [0, 0.1) is 0 Å². The number of hydrogen-bond donors (Lipinski definition) is 1. The van der Waals surface area contributed by atoms with E-state index < -0.39 is 18.0 Å². The topological polar surface area (TPSA) is 72.8 Å². The summed E-state index contributed by atoms with van der Waals surface area (Å²) in [5.41, 5.74) is 0.917. The summed E-state index contributed by atoms with van der Waals surface area (Å²) in [7, 11) is 0. The maximum absolute atomic E-state index is 11.4. The number of carbonyl (C=O) groups is 2. The zero-order valence-electron chi connectivity index (χ0n) is 11.4. The van der Waals surface area contributed by atoms with Crippen LogP contribution in [0.4, 0.5) is 0 Å². The second kappa shape index (κ2) is 8.12. The fourth-order valence-electron chi connectivity index (χ4n) is 1.42. The van der Waals surface area contributed by atoms with Crippen LogP contribution in [0.2, 0.25) is 0 Å². The van der Waals surface area contributed by atoms with E-state index in [9.17, 15) is 9.59 Å². The molecule has 5 heteroatoms. The first-order valence-electron chi connectivity index (χ1n) is 6.30. The van der Waals surface area contributed by atoms with Crippen LogP contribution in [-0.4, -0.2) is 23.1 Å². The molecule has 1 aromatic carbocycles. The van der Waals surface area contributed by atoms with Gasteiger partial charge in [0.2, 0.25) is 0 Å². The molecule has 0 spiro atoms. The lowest BCUT2D eigenvalue weighted by molar-refractivity contribution is -0.255. The molecule has 1 unspecified atom stereocenters. The molecule has 0 bridgehead atoms. The number of carbonyl (C=O) groups excluding carboxylic acids is 2. The largest absolute Gasteiger partial charge is 0.393 e. The number of benzene rings is 1. The molecule has 0 saturated heterocycles. The Morgan fingerprint density at radius 1 is 1.25 bits per heavy atom. The van der Waals surface area contributed by atoms with Crippen LogP contribution in [-0.2, 0) is 25.8 Å². The van der Waals surface area contributed by atoms with E-state index in [1.807, 2.05) is 6.07 Å². The monoisotopic (exact) mass is 278 g/mol. The van der Waals surface area contributed by atoms with Gasteiger partial charge in [0.1, 0.15) is 0 Å². The minimum Gasteiger partial charge on any atom is -0.393 e. The zero-order chi connectivity index (χ0) is 15.0. The molecule has 0 fully saturated rings. The molecule has 1 N–H and O–H groups in total. The van der Waals surface area contributed by atoms with Crippen LogP contribution in [0.25, 0.3) is 0 Å². The van der Waals surface area contributed by atoms with Crippen LogP contribution >= 0.6 is 0 Å². The van der Waals surface area contributed by atoms with Gasteiger partial charge in [0.05, 0.1) is 12.5 Å². The minimum atomic E-state index is -0.799. The third-order valence-corrected chi connectivity index (χ3v) is 2.55. The molecular weight excluding hydrogens is 260 g/mol. The molecule has 0 aliphatic rings. The van der Waals surface area contributed by atoms with Crippen LogP contribution in [0.3, 0.4) is 0 Å². The van der Waals surface area contributed by atoms with Crippen LogP contribution in [0.5, 0.6) is 0 Å². The predicted octanol–water partition coefficient (Wildman–Crippen LogP) is 1.95. The summed E-state index contributed by atoms with van der Waals surface area (Å²) in [6.45, 7) is 5.12. The number of aliphatic hydroxyl groups excluding tert-OH is 1. The molecular formula is C15H18O5. The van der Waals surface area contributed by atoms with Gasteiger partial charge in [-0.2, -0.15) is 0 Å². The van der Waals surface area contributed by atoms with E-state index >= 15 is 0 Å². The maximum atomic E-state index is 11.4. The lowest BCUT2D eigenvalue weighted by Gasteiger charge is -2.06. The lowest BCUT2D eigenvalue weighted by atomic mass is 10.1. The standard InChI is InChI=1S/C15H18O5/c1-11(8-9-12(2)16)15(18)20-19-14(17)10-13-6-4-3-5-7-13/h3-7,12,16H,1,8-10H2,2H3. The van der Waals surface area contributed by atoms with Gasteiger partial charge in [-0.15, -0.1) is 0 Å². The molecule has 0 radical (unpaired) electrons. The van der Waals surface area contributed by atoms with Crippen LogP contribution < -0.4 is 0 Å². The fourth-order valence-corrected chi connectivity index (χ4v) is 1.42. The molecule has 5 nitrogen and oxygen atoms in total. The van der Waals surface area contributed by atoms with Crippen molar-refractivity contribution in [3.8, 4) is 0 Å². The molecule has 20 heavy (non-hydrogen) atoms. The van der Waals surface area contributed by atoms with Gasteiger partial charge in [-0.1, -0.05) is 36.9 Å². The summed E-state index contributed by atoms with van der Waals surface area (Å²) >= 11 is 0. The molecule has 0 heterocycles. The minimum absolute atomic E-state index is 0.0221. The molecule has 1 atom stereocenters. The number of hydrogen-bond acceptors (Lipinski definition) is 5. The van der Waals surface area contributed by atoms with E-state index in [4.69, 9.17) is 5.11 Å².